The lowest BCUT2D eigenvalue weighted by Gasteiger charge is -2.06. The summed E-state index contributed by atoms with van der Waals surface area (Å²) in [5.74, 6) is -0.140. The summed E-state index contributed by atoms with van der Waals surface area (Å²) in [7, 11) is 0. The van der Waals surface area contributed by atoms with Crippen LogP contribution in [0.25, 0.3) is 5.69 Å². The Labute approximate surface area is 137 Å². The SMILES string of the molecule is Cc1cc(-n2nc(Nc3cccc(Cl)c3F)cc2CO)ccn1. The second kappa shape index (κ2) is 6.36. The second-order valence-corrected chi connectivity index (χ2v) is 5.38. The van der Waals surface area contributed by atoms with Gasteiger partial charge in [0.15, 0.2) is 11.6 Å². The van der Waals surface area contributed by atoms with Crippen LogP contribution in [0.3, 0.4) is 0 Å². The zero-order valence-electron chi connectivity index (χ0n) is 12.3. The summed E-state index contributed by atoms with van der Waals surface area (Å²) >= 11 is 5.77. The monoisotopic (exact) mass is 332 g/mol. The van der Waals surface area contributed by atoms with Crippen LogP contribution in [0.15, 0.2) is 42.6 Å². The van der Waals surface area contributed by atoms with E-state index in [-0.39, 0.29) is 17.3 Å². The molecule has 7 heteroatoms. The zero-order valence-corrected chi connectivity index (χ0v) is 13.0. The van der Waals surface area contributed by atoms with Crippen molar-refractivity contribution in [1.82, 2.24) is 14.8 Å². The van der Waals surface area contributed by atoms with Crippen LogP contribution in [-0.2, 0) is 6.61 Å². The van der Waals surface area contributed by atoms with Crippen LogP contribution in [-0.4, -0.2) is 19.9 Å². The Morgan fingerprint density at radius 1 is 1.30 bits per heavy atom. The number of aryl methyl sites for hydroxylation is 1. The van der Waals surface area contributed by atoms with Gasteiger partial charge in [0.25, 0.3) is 0 Å². The van der Waals surface area contributed by atoms with Crippen LogP contribution >= 0.6 is 11.6 Å². The molecule has 3 aromatic rings. The highest BCUT2D eigenvalue weighted by Crippen LogP contribution is 2.26. The van der Waals surface area contributed by atoms with Gasteiger partial charge in [0, 0.05) is 18.0 Å². The highest BCUT2D eigenvalue weighted by atomic mass is 35.5. The van der Waals surface area contributed by atoms with Gasteiger partial charge < -0.3 is 10.4 Å². The highest BCUT2D eigenvalue weighted by Gasteiger charge is 2.12. The summed E-state index contributed by atoms with van der Waals surface area (Å²) in [4.78, 5) is 4.13. The normalized spacial score (nSPS) is 10.8. The van der Waals surface area contributed by atoms with E-state index < -0.39 is 5.82 Å². The lowest BCUT2D eigenvalue weighted by Crippen LogP contribution is -2.03. The van der Waals surface area contributed by atoms with Crippen LogP contribution < -0.4 is 5.32 Å². The Morgan fingerprint density at radius 3 is 2.87 bits per heavy atom. The van der Waals surface area contributed by atoms with E-state index in [0.717, 1.165) is 11.4 Å². The van der Waals surface area contributed by atoms with Crippen LogP contribution in [0.1, 0.15) is 11.4 Å². The molecule has 0 radical (unpaired) electrons. The fourth-order valence-corrected chi connectivity index (χ4v) is 2.39. The van der Waals surface area contributed by atoms with Crippen molar-refractivity contribution in [1.29, 1.82) is 0 Å². The van der Waals surface area contributed by atoms with Crippen LogP contribution in [0.5, 0.6) is 0 Å². The molecule has 0 amide bonds. The zero-order chi connectivity index (χ0) is 16.4. The number of aliphatic hydroxyl groups excluding tert-OH is 1. The van der Waals surface area contributed by atoms with Gasteiger partial charge in [-0.05, 0) is 31.2 Å². The topological polar surface area (TPSA) is 63.0 Å². The number of anilines is 2. The number of nitrogens with zero attached hydrogens (tertiary/aromatic N) is 3. The van der Waals surface area contributed by atoms with Crippen molar-refractivity contribution >= 4 is 23.1 Å². The third-order valence-corrected chi connectivity index (χ3v) is 3.58. The first-order chi connectivity index (χ1) is 11.1. The summed E-state index contributed by atoms with van der Waals surface area (Å²) in [6.45, 7) is 1.67. The number of pyridine rings is 1. The van der Waals surface area contributed by atoms with Crippen molar-refractivity contribution in [3.05, 3.63) is 64.8 Å². The molecule has 0 aliphatic carbocycles. The maximum atomic E-state index is 14.0. The van der Waals surface area contributed by atoms with Crippen molar-refractivity contribution in [3.63, 3.8) is 0 Å². The number of hydrogen-bond acceptors (Lipinski definition) is 4. The van der Waals surface area contributed by atoms with E-state index in [1.54, 1.807) is 35.1 Å². The largest absolute Gasteiger partial charge is 0.390 e. The smallest absolute Gasteiger partial charge is 0.165 e. The summed E-state index contributed by atoms with van der Waals surface area (Å²) < 4.78 is 15.5. The summed E-state index contributed by atoms with van der Waals surface area (Å²) in [6, 6.07) is 9.95. The molecule has 0 bridgehead atoms. The number of benzene rings is 1. The van der Waals surface area contributed by atoms with Crippen molar-refractivity contribution in [3.8, 4) is 5.69 Å². The number of aromatic nitrogens is 3. The average Bonchev–Trinajstić information content (AvgIpc) is 2.95. The molecular weight excluding hydrogens is 319 g/mol. The quantitative estimate of drug-likeness (QED) is 0.766. The first-order valence-electron chi connectivity index (χ1n) is 6.92. The molecule has 0 spiro atoms. The number of halogens is 2. The summed E-state index contributed by atoms with van der Waals surface area (Å²) in [5.41, 5.74) is 2.39. The van der Waals surface area contributed by atoms with Crippen LogP contribution in [0, 0.1) is 12.7 Å². The fraction of sp³-hybridized carbons (Fsp3) is 0.125. The average molecular weight is 333 g/mol. The molecule has 1 aromatic carbocycles. The van der Waals surface area contributed by atoms with Crippen LogP contribution in [0.4, 0.5) is 15.9 Å². The molecule has 0 saturated carbocycles. The molecule has 0 atom stereocenters. The van der Waals surface area contributed by atoms with E-state index in [0.29, 0.717) is 11.5 Å². The fourth-order valence-electron chi connectivity index (χ4n) is 2.22. The second-order valence-electron chi connectivity index (χ2n) is 4.97. The van der Waals surface area contributed by atoms with Crippen molar-refractivity contribution < 1.29 is 9.50 Å². The Morgan fingerprint density at radius 2 is 2.13 bits per heavy atom. The maximum Gasteiger partial charge on any atom is 0.165 e. The molecule has 0 aliphatic heterocycles. The number of aliphatic hydroxyl groups is 1. The van der Waals surface area contributed by atoms with E-state index >= 15 is 0 Å². The molecule has 2 heterocycles. The highest BCUT2D eigenvalue weighted by molar-refractivity contribution is 6.31. The van der Waals surface area contributed by atoms with Gasteiger partial charge in [-0.3, -0.25) is 4.98 Å². The molecule has 0 fully saturated rings. The molecule has 5 nitrogen and oxygen atoms in total. The molecule has 2 N–H and O–H groups in total. The van der Waals surface area contributed by atoms with E-state index in [1.165, 1.54) is 6.07 Å². The molecule has 0 saturated heterocycles. The van der Waals surface area contributed by atoms with Gasteiger partial charge in [-0.2, -0.15) is 0 Å². The predicted octanol–water partition coefficient (Wildman–Crippen LogP) is 3.60. The Balaban J connectivity index is 1.97. The van der Waals surface area contributed by atoms with E-state index in [4.69, 9.17) is 11.6 Å². The van der Waals surface area contributed by atoms with Gasteiger partial charge in [0.2, 0.25) is 0 Å². The summed E-state index contributed by atoms with van der Waals surface area (Å²) in [5, 5.41) is 16.8. The molecule has 0 unspecified atom stereocenters. The van der Waals surface area contributed by atoms with E-state index in [1.807, 2.05) is 13.0 Å². The minimum absolute atomic E-state index is 0.0292. The Bertz CT molecular complexity index is 850. The first-order valence-corrected chi connectivity index (χ1v) is 7.30. The third-order valence-electron chi connectivity index (χ3n) is 3.28. The van der Waals surface area contributed by atoms with Gasteiger partial charge in [-0.1, -0.05) is 17.7 Å². The van der Waals surface area contributed by atoms with Crippen molar-refractivity contribution in [2.45, 2.75) is 13.5 Å². The van der Waals surface area contributed by atoms with Gasteiger partial charge in [0.1, 0.15) is 0 Å². The third kappa shape index (κ3) is 3.18. The standard InChI is InChI=1S/C16H14ClFN4O/c1-10-7-11(5-6-19-10)22-12(9-23)8-15(21-22)20-14-4-2-3-13(17)16(14)18/h2-8,23H,9H2,1H3,(H,20,21). The maximum absolute atomic E-state index is 14.0. The van der Waals surface area contributed by atoms with Gasteiger partial charge in [-0.15, -0.1) is 5.10 Å². The number of rotatable bonds is 4. The molecule has 0 aliphatic rings. The molecule has 2 aromatic heterocycles. The Hall–Kier alpha value is -2.44. The lowest BCUT2D eigenvalue weighted by atomic mass is 10.3. The Kier molecular flexibility index (Phi) is 4.27. The molecule has 118 valence electrons. The van der Waals surface area contributed by atoms with Crippen molar-refractivity contribution in [2.75, 3.05) is 5.32 Å². The van der Waals surface area contributed by atoms with Gasteiger partial charge in [-0.25, -0.2) is 9.07 Å². The minimum Gasteiger partial charge on any atom is -0.390 e. The lowest BCUT2D eigenvalue weighted by molar-refractivity contribution is 0.273. The van der Waals surface area contributed by atoms with Crippen LogP contribution in [0.2, 0.25) is 5.02 Å². The van der Waals surface area contributed by atoms with E-state index in [2.05, 4.69) is 15.4 Å². The molecule has 23 heavy (non-hydrogen) atoms. The van der Waals surface area contributed by atoms with Gasteiger partial charge >= 0.3 is 0 Å². The number of hydrogen-bond donors (Lipinski definition) is 2. The predicted molar refractivity (Wildman–Crippen MR) is 86.7 cm³/mol. The van der Waals surface area contributed by atoms with E-state index in [9.17, 15) is 9.50 Å². The summed E-state index contributed by atoms with van der Waals surface area (Å²) in [6.07, 6.45) is 1.66. The molecular formula is C16H14ClFN4O. The number of nitrogens with one attached hydrogen (secondary N) is 1. The van der Waals surface area contributed by atoms with Gasteiger partial charge in [0.05, 0.1) is 28.7 Å². The minimum atomic E-state index is -0.547. The van der Waals surface area contributed by atoms with Crippen molar-refractivity contribution in [2.24, 2.45) is 0 Å². The molecule has 3 rings (SSSR count). The first kappa shape index (κ1) is 15.5.